The quantitative estimate of drug-likeness (QED) is 0.808. The lowest BCUT2D eigenvalue weighted by Gasteiger charge is -2.20. The Hall–Kier alpha value is -1.01. The van der Waals surface area contributed by atoms with Crippen LogP contribution in [0.2, 0.25) is 0 Å². The van der Waals surface area contributed by atoms with Crippen LogP contribution < -0.4 is 5.32 Å². The number of nitrogens with one attached hydrogen (secondary N) is 1. The summed E-state index contributed by atoms with van der Waals surface area (Å²) in [6.07, 6.45) is 2.35. The Morgan fingerprint density at radius 1 is 1.80 bits per heavy atom. The van der Waals surface area contributed by atoms with E-state index in [4.69, 9.17) is 0 Å². The highest BCUT2D eigenvalue weighted by atomic mass is 32.1. The zero-order valence-corrected chi connectivity index (χ0v) is 9.46. The fourth-order valence-electron chi connectivity index (χ4n) is 1.78. The van der Waals surface area contributed by atoms with E-state index >= 15 is 0 Å². The summed E-state index contributed by atoms with van der Waals surface area (Å²) in [4.78, 5) is 13.5. The van der Waals surface area contributed by atoms with Crippen molar-refractivity contribution < 1.29 is 4.79 Å². The highest BCUT2D eigenvalue weighted by Gasteiger charge is 2.20. The van der Waals surface area contributed by atoms with Gasteiger partial charge in [-0.2, -0.15) is 0 Å². The third-order valence-electron chi connectivity index (χ3n) is 2.58. The van der Waals surface area contributed by atoms with Crippen molar-refractivity contribution in [1.82, 2.24) is 19.8 Å². The molecule has 1 aliphatic heterocycles. The van der Waals surface area contributed by atoms with Crippen molar-refractivity contribution in [1.29, 1.82) is 0 Å². The molecule has 1 fully saturated rings. The van der Waals surface area contributed by atoms with Crippen LogP contribution >= 0.6 is 11.5 Å². The fourth-order valence-corrected chi connectivity index (χ4v) is 2.21. The summed E-state index contributed by atoms with van der Waals surface area (Å²) in [5.41, 5.74) is 0.445. The molecule has 1 aromatic rings. The number of nitrogens with zero attached hydrogens (tertiary/aromatic N) is 3. The summed E-state index contributed by atoms with van der Waals surface area (Å²) in [6, 6.07) is 0.436. The van der Waals surface area contributed by atoms with Gasteiger partial charge in [0.15, 0.2) is 5.69 Å². The Morgan fingerprint density at radius 3 is 3.27 bits per heavy atom. The molecule has 1 saturated heterocycles. The van der Waals surface area contributed by atoms with Crippen LogP contribution in [-0.4, -0.2) is 46.6 Å². The average molecular weight is 226 g/mol. The van der Waals surface area contributed by atoms with Crippen LogP contribution in [0, 0.1) is 0 Å². The van der Waals surface area contributed by atoms with Gasteiger partial charge in [0.1, 0.15) is 0 Å². The first kappa shape index (κ1) is 10.5. The Morgan fingerprint density at radius 2 is 2.67 bits per heavy atom. The molecular weight excluding hydrogens is 212 g/mol. The third kappa shape index (κ3) is 2.51. The number of hydrogen-bond acceptors (Lipinski definition) is 5. The number of hydrogen-bond donors (Lipinski definition) is 1. The number of carbonyl (C=O) groups is 1. The van der Waals surface area contributed by atoms with E-state index in [0.717, 1.165) is 19.5 Å². The summed E-state index contributed by atoms with van der Waals surface area (Å²) >= 11 is 1.20. The van der Waals surface area contributed by atoms with Gasteiger partial charge in [-0.25, -0.2) is 0 Å². The minimum Gasteiger partial charge on any atom is -0.339 e. The van der Waals surface area contributed by atoms with Crippen molar-refractivity contribution in [2.45, 2.75) is 18.9 Å². The number of carbonyl (C=O) groups excluding carboxylic acids is 1. The largest absolute Gasteiger partial charge is 0.339 e. The Kier molecular flexibility index (Phi) is 3.27. The predicted octanol–water partition coefficient (Wildman–Crippen LogP) is 0.362. The molecule has 2 rings (SSSR count). The normalized spacial score (nSPS) is 20.5. The van der Waals surface area contributed by atoms with Crippen LogP contribution in [0.5, 0.6) is 0 Å². The minimum absolute atomic E-state index is 0.0440. The van der Waals surface area contributed by atoms with E-state index in [0.29, 0.717) is 11.7 Å². The first-order chi connectivity index (χ1) is 7.27. The third-order valence-corrected chi connectivity index (χ3v) is 3.09. The second-order valence-electron chi connectivity index (χ2n) is 3.77. The van der Waals surface area contributed by atoms with E-state index in [9.17, 15) is 4.79 Å². The lowest BCUT2D eigenvalue weighted by atomic mass is 10.2. The molecule has 1 aromatic heterocycles. The fraction of sp³-hybridized carbons (Fsp3) is 0.667. The number of amides is 1. The summed E-state index contributed by atoms with van der Waals surface area (Å²) in [5, 5.41) is 8.81. The molecular formula is C9H14N4OS. The van der Waals surface area contributed by atoms with Crippen LogP contribution in [0.3, 0.4) is 0 Å². The SMILES string of the molecule is CN(CC1CCCN1)C(=O)c1csnn1. The molecule has 0 spiro atoms. The smallest absolute Gasteiger partial charge is 0.275 e. The van der Waals surface area contributed by atoms with E-state index < -0.39 is 0 Å². The molecule has 0 bridgehead atoms. The number of aromatic nitrogens is 2. The Balaban J connectivity index is 1.90. The van der Waals surface area contributed by atoms with E-state index in [1.54, 1.807) is 10.3 Å². The molecule has 5 nitrogen and oxygen atoms in total. The predicted molar refractivity (Wildman–Crippen MR) is 57.9 cm³/mol. The van der Waals surface area contributed by atoms with Gasteiger partial charge in [0, 0.05) is 25.0 Å². The summed E-state index contributed by atoms with van der Waals surface area (Å²) in [7, 11) is 1.81. The van der Waals surface area contributed by atoms with Gasteiger partial charge in [0.2, 0.25) is 0 Å². The molecule has 1 unspecified atom stereocenters. The molecule has 0 aromatic carbocycles. The lowest BCUT2D eigenvalue weighted by Crippen LogP contribution is -2.38. The van der Waals surface area contributed by atoms with Gasteiger partial charge in [-0.05, 0) is 30.9 Å². The highest BCUT2D eigenvalue weighted by molar-refractivity contribution is 7.03. The van der Waals surface area contributed by atoms with Crippen LogP contribution in [0.25, 0.3) is 0 Å². The van der Waals surface area contributed by atoms with Crippen molar-refractivity contribution >= 4 is 17.4 Å². The Labute approximate surface area is 92.6 Å². The number of rotatable bonds is 3. The lowest BCUT2D eigenvalue weighted by molar-refractivity contribution is 0.0778. The maximum atomic E-state index is 11.8. The second-order valence-corrected chi connectivity index (χ2v) is 4.38. The standard InChI is InChI=1S/C9H14N4OS/c1-13(5-7-3-2-4-10-7)9(14)8-6-15-12-11-8/h6-7,10H,2-5H2,1H3. The van der Waals surface area contributed by atoms with Crippen molar-refractivity contribution in [3.63, 3.8) is 0 Å². The topological polar surface area (TPSA) is 58.1 Å². The minimum atomic E-state index is -0.0440. The molecule has 1 aliphatic rings. The maximum absolute atomic E-state index is 11.8. The molecule has 0 aliphatic carbocycles. The van der Waals surface area contributed by atoms with E-state index in [-0.39, 0.29) is 5.91 Å². The van der Waals surface area contributed by atoms with Gasteiger partial charge in [0.25, 0.3) is 5.91 Å². The monoisotopic (exact) mass is 226 g/mol. The molecule has 6 heteroatoms. The van der Waals surface area contributed by atoms with Gasteiger partial charge in [-0.15, -0.1) is 5.10 Å². The number of likely N-dealkylation sites (N-methyl/N-ethyl adjacent to an activating group) is 1. The zero-order chi connectivity index (χ0) is 10.7. The van der Waals surface area contributed by atoms with Crippen LogP contribution in [-0.2, 0) is 0 Å². The van der Waals surface area contributed by atoms with E-state index in [1.165, 1.54) is 18.0 Å². The van der Waals surface area contributed by atoms with E-state index in [2.05, 4.69) is 14.9 Å². The molecule has 0 radical (unpaired) electrons. The van der Waals surface area contributed by atoms with Crippen LogP contribution in [0.4, 0.5) is 0 Å². The van der Waals surface area contributed by atoms with Crippen LogP contribution in [0.15, 0.2) is 5.38 Å². The summed E-state index contributed by atoms with van der Waals surface area (Å²) in [6.45, 7) is 1.81. The van der Waals surface area contributed by atoms with Crippen molar-refractivity contribution in [3.05, 3.63) is 11.1 Å². The van der Waals surface area contributed by atoms with Crippen molar-refractivity contribution in [3.8, 4) is 0 Å². The Bertz CT molecular complexity index is 321. The first-order valence-electron chi connectivity index (χ1n) is 5.03. The first-order valence-corrected chi connectivity index (χ1v) is 5.87. The van der Waals surface area contributed by atoms with Gasteiger partial charge >= 0.3 is 0 Å². The molecule has 1 N–H and O–H groups in total. The van der Waals surface area contributed by atoms with Crippen molar-refractivity contribution in [2.75, 3.05) is 20.1 Å². The van der Waals surface area contributed by atoms with Gasteiger partial charge in [-0.3, -0.25) is 4.79 Å². The van der Waals surface area contributed by atoms with Gasteiger partial charge in [-0.1, -0.05) is 4.49 Å². The molecule has 1 atom stereocenters. The van der Waals surface area contributed by atoms with E-state index in [1.807, 2.05) is 7.05 Å². The molecule has 0 saturated carbocycles. The summed E-state index contributed by atoms with van der Waals surface area (Å²) < 4.78 is 3.69. The van der Waals surface area contributed by atoms with Gasteiger partial charge in [0.05, 0.1) is 0 Å². The maximum Gasteiger partial charge on any atom is 0.275 e. The molecule has 15 heavy (non-hydrogen) atoms. The summed E-state index contributed by atoms with van der Waals surface area (Å²) in [5.74, 6) is -0.0440. The zero-order valence-electron chi connectivity index (χ0n) is 8.64. The molecule has 82 valence electrons. The van der Waals surface area contributed by atoms with Crippen molar-refractivity contribution in [2.24, 2.45) is 0 Å². The van der Waals surface area contributed by atoms with Crippen LogP contribution in [0.1, 0.15) is 23.3 Å². The molecule has 2 heterocycles. The average Bonchev–Trinajstić information content (AvgIpc) is 2.88. The molecule has 1 amide bonds. The second kappa shape index (κ2) is 4.67. The highest BCUT2D eigenvalue weighted by Crippen LogP contribution is 2.08. The van der Waals surface area contributed by atoms with Gasteiger partial charge < -0.3 is 10.2 Å².